The number of benzene rings is 1. The van der Waals surface area contributed by atoms with Gasteiger partial charge in [0.25, 0.3) is 0 Å². The van der Waals surface area contributed by atoms with Crippen molar-refractivity contribution in [3.8, 4) is 5.75 Å². The Morgan fingerprint density at radius 2 is 2.00 bits per heavy atom. The van der Waals surface area contributed by atoms with Crippen LogP contribution in [0.5, 0.6) is 5.75 Å². The van der Waals surface area contributed by atoms with Crippen LogP contribution in [0.2, 0.25) is 0 Å². The maximum absolute atomic E-state index is 6.17. The number of ether oxygens (including phenoxy) is 2. The van der Waals surface area contributed by atoms with Gasteiger partial charge in [-0.1, -0.05) is 12.1 Å². The predicted octanol–water partition coefficient (Wildman–Crippen LogP) is 3.11. The van der Waals surface area contributed by atoms with Crippen molar-refractivity contribution in [3.05, 3.63) is 29.3 Å². The second-order valence-corrected chi connectivity index (χ2v) is 9.13. The largest absolute Gasteiger partial charge is 0.493 e. The van der Waals surface area contributed by atoms with Crippen LogP contribution in [0, 0.1) is 12.8 Å². The normalized spacial score (nSPS) is 19.8. The molecule has 2 saturated heterocycles. The van der Waals surface area contributed by atoms with Crippen molar-refractivity contribution in [2.24, 2.45) is 10.9 Å². The fourth-order valence-corrected chi connectivity index (χ4v) is 4.09. The molecule has 33 heavy (non-hydrogen) atoms. The van der Waals surface area contributed by atoms with Crippen LogP contribution in [0.15, 0.2) is 23.2 Å². The molecular formula is C25H44IN5O2. The Morgan fingerprint density at radius 1 is 1.18 bits per heavy atom. The molecule has 188 valence electrons. The molecule has 0 radical (unpaired) electrons. The maximum atomic E-state index is 6.17. The number of piperazine rings is 1. The predicted molar refractivity (Wildman–Crippen MR) is 147 cm³/mol. The Kier molecular flexibility index (Phi) is 13.4. The molecule has 7 nitrogen and oxygen atoms in total. The van der Waals surface area contributed by atoms with Gasteiger partial charge in [0.05, 0.1) is 19.8 Å². The SMILES string of the molecule is CCNC(=NCc1ccc(C)cc1OCC1CCOC1)NCCCCN1CCN(C)CC1.I. The van der Waals surface area contributed by atoms with Gasteiger partial charge in [-0.2, -0.15) is 0 Å². The van der Waals surface area contributed by atoms with Crippen LogP contribution in [-0.2, 0) is 11.3 Å². The molecule has 8 heteroatoms. The van der Waals surface area contributed by atoms with E-state index in [-0.39, 0.29) is 24.0 Å². The van der Waals surface area contributed by atoms with Crippen LogP contribution in [0.1, 0.15) is 37.3 Å². The number of halogens is 1. The molecule has 2 aliphatic rings. The maximum Gasteiger partial charge on any atom is 0.191 e. The Labute approximate surface area is 217 Å². The summed E-state index contributed by atoms with van der Waals surface area (Å²) in [4.78, 5) is 9.81. The van der Waals surface area contributed by atoms with Gasteiger partial charge in [0.15, 0.2) is 5.96 Å². The third-order valence-electron chi connectivity index (χ3n) is 6.26. The zero-order valence-electron chi connectivity index (χ0n) is 20.8. The molecule has 1 aromatic carbocycles. The third-order valence-corrected chi connectivity index (χ3v) is 6.26. The van der Waals surface area contributed by atoms with Gasteiger partial charge in [-0.3, -0.25) is 0 Å². The molecule has 0 saturated carbocycles. The number of nitrogens with one attached hydrogen (secondary N) is 2. The van der Waals surface area contributed by atoms with Crippen LogP contribution < -0.4 is 15.4 Å². The Balaban J connectivity index is 0.00000385. The summed E-state index contributed by atoms with van der Waals surface area (Å²) in [5.41, 5.74) is 2.34. The number of guanidine groups is 1. The van der Waals surface area contributed by atoms with E-state index in [1.807, 2.05) is 0 Å². The van der Waals surface area contributed by atoms with Crippen LogP contribution in [0.3, 0.4) is 0 Å². The number of unbranched alkanes of at least 4 members (excludes halogenated alkanes) is 1. The fourth-order valence-electron chi connectivity index (χ4n) is 4.09. The lowest BCUT2D eigenvalue weighted by molar-refractivity contribution is 0.152. The Hall–Kier alpha value is -1.10. The first-order valence-corrected chi connectivity index (χ1v) is 12.4. The van der Waals surface area contributed by atoms with E-state index in [9.17, 15) is 0 Å². The average Bonchev–Trinajstić information content (AvgIpc) is 3.31. The number of aliphatic imine (C=N–C) groups is 1. The van der Waals surface area contributed by atoms with Crippen molar-refractivity contribution in [3.63, 3.8) is 0 Å². The van der Waals surface area contributed by atoms with Gasteiger partial charge in [0.2, 0.25) is 0 Å². The summed E-state index contributed by atoms with van der Waals surface area (Å²) in [5, 5.41) is 6.87. The van der Waals surface area contributed by atoms with Gasteiger partial charge >= 0.3 is 0 Å². The molecule has 0 amide bonds. The van der Waals surface area contributed by atoms with Gasteiger partial charge in [0.1, 0.15) is 5.75 Å². The Bertz CT molecular complexity index is 704. The zero-order valence-corrected chi connectivity index (χ0v) is 23.1. The Morgan fingerprint density at radius 3 is 2.73 bits per heavy atom. The summed E-state index contributed by atoms with van der Waals surface area (Å²) in [6, 6.07) is 6.40. The monoisotopic (exact) mass is 573 g/mol. The number of likely N-dealkylation sites (N-methyl/N-ethyl adjacent to an activating group) is 1. The summed E-state index contributed by atoms with van der Waals surface area (Å²) in [6.07, 6.45) is 3.46. The lowest BCUT2D eigenvalue weighted by Crippen LogP contribution is -2.44. The summed E-state index contributed by atoms with van der Waals surface area (Å²) in [5.74, 6) is 2.32. The molecule has 0 aliphatic carbocycles. The second-order valence-electron chi connectivity index (χ2n) is 9.13. The quantitative estimate of drug-likeness (QED) is 0.184. The molecular weight excluding hydrogens is 529 g/mol. The average molecular weight is 574 g/mol. The lowest BCUT2D eigenvalue weighted by Gasteiger charge is -2.32. The second kappa shape index (κ2) is 15.7. The van der Waals surface area contributed by atoms with Crippen molar-refractivity contribution in [1.29, 1.82) is 0 Å². The third kappa shape index (κ3) is 10.4. The molecule has 0 spiro atoms. The fraction of sp³-hybridized carbons (Fsp3) is 0.720. The highest BCUT2D eigenvalue weighted by atomic mass is 127. The highest BCUT2D eigenvalue weighted by Crippen LogP contribution is 2.23. The topological polar surface area (TPSA) is 61.4 Å². The van der Waals surface area contributed by atoms with Crippen LogP contribution >= 0.6 is 24.0 Å². The van der Waals surface area contributed by atoms with Gasteiger partial charge in [-0.15, -0.1) is 24.0 Å². The number of aryl methyl sites for hydroxylation is 1. The van der Waals surface area contributed by atoms with Crippen molar-refractivity contribution in [2.45, 2.75) is 39.7 Å². The van der Waals surface area contributed by atoms with E-state index in [2.05, 4.69) is 59.5 Å². The molecule has 1 unspecified atom stereocenters. The highest BCUT2D eigenvalue weighted by molar-refractivity contribution is 14.0. The molecule has 2 aliphatic heterocycles. The number of nitrogens with zero attached hydrogens (tertiary/aromatic N) is 3. The van der Waals surface area contributed by atoms with E-state index in [0.29, 0.717) is 19.1 Å². The van der Waals surface area contributed by atoms with Crippen LogP contribution in [0.4, 0.5) is 0 Å². The molecule has 0 bridgehead atoms. The molecule has 2 N–H and O–H groups in total. The highest BCUT2D eigenvalue weighted by Gasteiger charge is 2.17. The van der Waals surface area contributed by atoms with Crippen molar-refractivity contribution >= 4 is 29.9 Å². The number of rotatable bonds is 11. The van der Waals surface area contributed by atoms with E-state index < -0.39 is 0 Å². The molecule has 2 heterocycles. The van der Waals surface area contributed by atoms with Crippen molar-refractivity contribution in [1.82, 2.24) is 20.4 Å². The molecule has 3 rings (SSSR count). The van der Waals surface area contributed by atoms with Gasteiger partial charge < -0.3 is 29.9 Å². The summed E-state index contributed by atoms with van der Waals surface area (Å²) in [6.45, 7) is 15.0. The van der Waals surface area contributed by atoms with Gasteiger partial charge in [0, 0.05) is 57.4 Å². The first-order chi connectivity index (χ1) is 15.6. The smallest absolute Gasteiger partial charge is 0.191 e. The molecule has 2 fully saturated rings. The van der Waals surface area contributed by atoms with Gasteiger partial charge in [-0.25, -0.2) is 4.99 Å². The molecule has 1 atom stereocenters. The zero-order chi connectivity index (χ0) is 22.6. The lowest BCUT2D eigenvalue weighted by atomic mass is 10.1. The van der Waals surface area contributed by atoms with E-state index >= 15 is 0 Å². The van der Waals surface area contributed by atoms with E-state index in [1.54, 1.807) is 0 Å². The molecule has 0 aromatic heterocycles. The van der Waals surface area contributed by atoms with E-state index in [1.165, 1.54) is 44.7 Å². The van der Waals surface area contributed by atoms with Crippen LogP contribution in [0.25, 0.3) is 0 Å². The first-order valence-electron chi connectivity index (χ1n) is 12.4. The summed E-state index contributed by atoms with van der Waals surface area (Å²) >= 11 is 0. The van der Waals surface area contributed by atoms with Crippen molar-refractivity contribution in [2.75, 3.05) is 72.7 Å². The van der Waals surface area contributed by atoms with Crippen molar-refractivity contribution < 1.29 is 9.47 Å². The van der Waals surface area contributed by atoms with E-state index in [0.717, 1.165) is 56.4 Å². The standard InChI is InChI=1S/C25H43N5O2.HI/c1-4-26-25(27-10-5-6-11-30-14-12-29(3)13-15-30)28-18-23-8-7-21(2)17-24(23)32-20-22-9-16-31-19-22;/h7-8,17,22H,4-6,9-16,18-20H2,1-3H3,(H2,26,27,28);1H. The minimum absolute atomic E-state index is 0. The minimum atomic E-state index is 0. The number of hydrogen-bond acceptors (Lipinski definition) is 5. The van der Waals surface area contributed by atoms with Crippen LogP contribution in [-0.4, -0.2) is 88.4 Å². The number of hydrogen-bond donors (Lipinski definition) is 2. The summed E-state index contributed by atoms with van der Waals surface area (Å²) < 4.78 is 11.6. The minimum Gasteiger partial charge on any atom is -0.493 e. The first kappa shape index (κ1) is 28.1. The molecule has 1 aromatic rings. The van der Waals surface area contributed by atoms with Gasteiger partial charge in [-0.05, 0) is 58.3 Å². The van der Waals surface area contributed by atoms with E-state index in [4.69, 9.17) is 14.5 Å². The summed E-state index contributed by atoms with van der Waals surface area (Å²) in [7, 11) is 2.21.